The second-order valence-electron chi connectivity index (χ2n) is 6.82. The standard InChI is InChI=1S/C20H26N4O2/c1-4-5-11-17-19(25)22(2)12-13-24(17)20(26)18-14-16(21-23(18)3)15-9-7-6-8-10-15/h6-10,14,17H,4-5,11-13H2,1-3H3. The predicted molar refractivity (Wildman–Crippen MR) is 101 cm³/mol. The normalized spacial score (nSPS) is 17.7. The smallest absolute Gasteiger partial charge is 0.272 e. The summed E-state index contributed by atoms with van der Waals surface area (Å²) in [6.45, 7) is 3.22. The maximum absolute atomic E-state index is 13.2. The average Bonchev–Trinajstić information content (AvgIpc) is 3.05. The minimum Gasteiger partial charge on any atom is -0.342 e. The van der Waals surface area contributed by atoms with Crippen LogP contribution in [0.2, 0.25) is 0 Å². The second-order valence-corrected chi connectivity index (χ2v) is 6.82. The van der Waals surface area contributed by atoms with Gasteiger partial charge in [-0.25, -0.2) is 0 Å². The first kappa shape index (κ1) is 18.2. The minimum absolute atomic E-state index is 0.0310. The van der Waals surface area contributed by atoms with E-state index >= 15 is 0 Å². The molecule has 0 saturated carbocycles. The van der Waals surface area contributed by atoms with Crippen molar-refractivity contribution in [3.63, 3.8) is 0 Å². The summed E-state index contributed by atoms with van der Waals surface area (Å²) in [4.78, 5) is 29.2. The van der Waals surface area contributed by atoms with Crippen LogP contribution in [0.15, 0.2) is 36.4 Å². The number of benzene rings is 1. The van der Waals surface area contributed by atoms with Gasteiger partial charge in [0.2, 0.25) is 5.91 Å². The third-order valence-electron chi connectivity index (χ3n) is 4.97. The quantitative estimate of drug-likeness (QED) is 0.829. The zero-order valence-corrected chi connectivity index (χ0v) is 15.7. The number of aryl methyl sites for hydroxylation is 1. The van der Waals surface area contributed by atoms with Crippen molar-refractivity contribution in [2.24, 2.45) is 7.05 Å². The summed E-state index contributed by atoms with van der Waals surface area (Å²) in [7, 11) is 3.58. The Morgan fingerprint density at radius 1 is 1.19 bits per heavy atom. The third-order valence-corrected chi connectivity index (χ3v) is 4.97. The van der Waals surface area contributed by atoms with Crippen LogP contribution in [-0.2, 0) is 11.8 Å². The molecule has 138 valence electrons. The molecule has 1 aromatic heterocycles. The molecule has 3 rings (SSSR count). The Hall–Kier alpha value is -2.63. The first-order chi connectivity index (χ1) is 12.5. The van der Waals surface area contributed by atoms with Gasteiger partial charge in [-0.15, -0.1) is 0 Å². The molecule has 1 unspecified atom stereocenters. The summed E-state index contributed by atoms with van der Waals surface area (Å²) in [6.07, 6.45) is 2.63. The van der Waals surface area contributed by atoms with Gasteiger partial charge in [-0.05, 0) is 12.5 Å². The number of amides is 2. The summed E-state index contributed by atoms with van der Waals surface area (Å²) in [5.74, 6) is -0.0896. The Bertz CT molecular complexity index is 784. The van der Waals surface area contributed by atoms with E-state index in [1.165, 1.54) is 0 Å². The van der Waals surface area contributed by atoms with Crippen molar-refractivity contribution in [3.05, 3.63) is 42.1 Å². The molecule has 0 radical (unpaired) electrons. The first-order valence-corrected chi connectivity index (χ1v) is 9.18. The summed E-state index contributed by atoms with van der Waals surface area (Å²) in [6, 6.07) is 11.2. The zero-order chi connectivity index (χ0) is 18.7. The number of likely N-dealkylation sites (N-methyl/N-ethyl adjacent to an activating group) is 1. The lowest BCUT2D eigenvalue weighted by molar-refractivity contribution is -0.138. The van der Waals surface area contributed by atoms with Gasteiger partial charge in [0, 0.05) is 32.7 Å². The molecule has 2 aromatic rings. The molecule has 1 aliphatic rings. The van der Waals surface area contributed by atoms with Gasteiger partial charge in [-0.2, -0.15) is 5.10 Å². The van der Waals surface area contributed by atoms with Crippen molar-refractivity contribution < 1.29 is 9.59 Å². The fraction of sp³-hybridized carbons (Fsp3) is 0.450. The van der Waals surface area contributed by atoms with Crippen LogP contribution in [-0.4, -0.2) is 57.6 Å². The van der Waals surface area contributed by atoms with Gasteiger partial charge in [0.15, 0.2) is 0 Å². The highest BCUT2D eigenvalue weighted by Gasteiger charge is 2.36. The topological polar surface area (TPSA) is 58.4 Å². The van der Waals surface area contributed by atoms with Gasteiger partial charge >= 0.3 is 0 Å². The summed E-state index contributed by atoms with van der Waals surface area (Å²) in [5.41, 5.74) is 2.25. The Balaban J connectivity index is 1.87. The number of hydrogen-bond acceptors (Lipinski definition) is 3. The number of unbranched alkanes of at least 4 members (excludes halogenated alkanes) is 1. The van der Waals surface area contributed by atoms with Gasteiger partial charge in [0.25, 0.3) is 5.91 Å². The van der Waals surface area contributed by atoms with Gasteiger partial charge < -0.3 is 9.80 Å². The number of nitrogens with zero attached hydrogens (tertiary/aromatic N) is 4. The molecule has 0 N–H and O–H groups in total. The van der Waals surface area contributed by atoms with Gasteiger partial charge in [-0.3, -0.25) is 14.3 Å². The summed E-state index contributed by atoms with van der Waals surface area (Å²) in [5, 5.41) is 4.49. The van der Waals surface area contributed by atoms with Crippen LogP contribution >= 0.6 is 0 Å². The Kier molecular flexibility index (Phi) is 5.40. The molecule has 1 fully saturated rings. The van der Waals surface area contributed by atoms with E-state index in [0.29, 0.717) is 25.2 Å². The largest absolute Gasteiger partial charge is 0.342 e. The van der Waals surface area contributed by atoms with Crippen LogP contribution in [0, 0.1) is 0 Å². The molecule has 6 nitrogen and oxygen atoms in total. The molecular formula is C20H26N4O2. The van der Waals surface area contributed by atoms with E-state index in [9.17, 15) is 9.59 Å². The highest BCUT2D eigenvalue weighted by Crippen LogP contribution is 2.22. The third kappa shape index (κ3) is 3.49. The van der Waals surface area contributed by atoms with Crippen LogP contribution in [0.25, 0.3) is 11.3 Å². The number of piperazine rings is 1. The molecule has 26 heavy (non-hydrogen) atoms. The van der Waals surface area contributed by atoms with Gasteiger partial charge in [0.1, 0.15) is 11.7 Å². The number of hydrogen-bond donors (Lipinski definition) is 0. The minimum atomic E-state index is -0.378. The Labute approximate surface area is 154 Å². The Morgan fingerprint density at radius 3 is 2.62 bits per heavy atom. The molecule has 1 atom stereocenters. The molecule has 0 spiro atoms. The molecule has 1 aliphatic heterocycles. The molecule has 6 heteroatoms. The van der Waals surface area contributed by atoms with E-state index in [-0.39, 0.29) is 17.9 Å². The first-order valence-electron chi connectivity index (χ1n) is 9.18. The lowest BCUT2D eigenvalue weighted by Gasteiger charge is -2.39. The monoisotopic (exact) mass is 354 g/mol. The van der Waals surface area contributed by atoms with Crippen LogP contribution in [0.5, 0.6) is 0 Å². The van der Waals surface area contributed by atoms with Crippen LogP contribution < -0.4 is 0 Å². The molecule has 1 aromatic carbocycles. The van der Waals surface area contributed by atoms with E-state index in [4.69, 9.17) is 0 Å². The van der Waals surface area contributed by atoms with E-state index in [2.05, 4.69) is 12.0 Å². The molecule has 0 bridgehead atoms. The zero-order valence-electron chi connectivity index (χ0n) is 15.7. The van der Waals surface area contributed by atoms with Crippen LogP contribution in [0.4, 0.5) is 0 Å². The molecule has 2 amide bonds. The van der Waals surface area contributed by atoms with E-state index in [1.807, 2.05) is 36.4 Å². The van der Waals surface area contributed by atoms with Crippen molar-refractivity contribution in [2.45, 2.75) is 32.2 Å². The lowest BCUT2D eigenvalue weighted by Crippen LogP contribution is -2.57. The maximum atomic E-state index is 13.2. The number of carbonyl (C=O) groups is 2. The van der Waals surface area contributed by atoms with E-state index in [0.717, 1.165) is 24.1 Å². The predicted octanol–water partition coefficient (Wildman–Crippen LogP) is 2.56. The van der Waals surface area contributed by atoms with Crippen LogP contribution in [0.3, 0.4) is 0 Å². The van der Waals surface area contributed by atoms with Crippen molar-refractivity contribution in [3.8, 4) is 11.3 Å². The van der Waals surface area contributed by atoms with Crippen molar-refractivity contribution >= 4 is 11.8 Å². The highest BCUT2D eigenvalue weighted by molar-refractivity contribution is 5.97. The SMILES string of the molecule is CCCCC1C(=O)N(C)CCN1C(=O)c1cc(-c2ccccc2)nn1C. The number of aromatic nitrogens is 2. The highest BCUT2D eigenvalue weighted by atomic mass is 16.2. The maximum Gasteiger partial charge on any atom is 0.272 e. The molecular weight excluding hydrogens is 328 g/mol. The van der Waals surface area contributed by atoms with Crippen LogP contribution in [0.1, 0.15) is 36.7 Å². The fourth-order valence-corrected chi connectivity index (χ4v) is 3.40. The van der Waals surface area contributed by atoms with Crippen molar-refractivity contribution in [1.29, 1.82) is 0 Å². The summed E-state index contributed by atoms with van der Waals surface area (Å²) >= 11 is 0. The van der Waals surface area contributed by atoms with Crippen molar-refractivity contribution in [2.75, 3.05) is 20.1 Å². The molecule has 1 saturated heterocycles. The van der Waals surface area contributed by atoms with Gasteiger partial charge in [-0.1, -0.05) is 50.1 Å². The number of carbonyl (C=O) groups excluding carboxylic acids is 2. The lowest BCUT2D eigenvalue weighted by atomic mass is 10.0. The fourth-order valence-electron chi connectivity index (χ4n) is 3.40. The van der Waals surface area contributed by atoms with E-state index in [1.54, 1.807) is 28.6 Å². The van der Waals surface area contributed by atoms with Crippen molar-refractivity contribution in [1.82, 2.24) is 19.6 Å². The summed E-state index contributed by atoms with van der Waals surface area (Å²) < 4.78 is 1.62. The molecule has 0 aliphatic carbocycles. The van der Waals surface area contributed by atoms with E-state index < -0.39 is 0 Å². The second kappa shape index (κ2) is 7.72. The van der Waals surface area contributed by atoms with Gasteiger partial charge in [0.05, 0.1) is 5.69 Å². The molecule has 2 heterocycles. The number of rotatable bonds is 5. The Morgan fingerprint density at radius 2 is 1.92 bits per heavy atom. The average molecular weight is 354 g/mol.